The van der Waals surface area contributed by atoms with Gasteiger partial charge in [-0.25, -0.2) is 9.37 Å². The van der Waals surface area contributed by atoms with E-state index in [1.807, 2.05) is 0 Å². The summed E-state index contributed by atoms with van der Waals surface area (Å²) in [4.78, 5) is 4.18. The summed E-state index contributed by atoms with van der Waals surface area (Å²) in [6.45, 7) is 0. The van der Waals surface area contributed by atoms with Gasteiger partial charge in [0.2, 0.25) is 0 Å². The summed E-state index contributed by atoms with van der Waals surface area (Å²) >= 11 is 8.10. The lowest BCUT2D eigenvalue weighted by Gasteiger charge is -2.10. The zero-order valence-electron chi connectivity index (χ0n) is 9.06. The van der Waals surface area contributed by atoms with E-state index in [9.17, 15) is 4.39 Å². The van der Waals surface area contributed by atoms with Crippen molar-refractivity contribution in [2.75, 3.05) is 0 Å². The normalized spacial score (nSPS) is 10.1. The molecule has 0 radical (unpaired) electrons. The molecule has 0 unspecified atom stereocenters. The number of benzene rings is 1. The Morgan fingerprint density at radius 3 is 2.78 bits per heavy atom. The van der Waals surface area contributed by atoms with E-state index in [0.29, 0.717) is 21.7 Å². The molecule has 0 spiro atoms. The Kier molecular flexibility index (Phi) is 3.88. The van der Waals surface area contributed by atoms with Crippen LogP contribution in [0.5, 0.6) is 11.5 Å². The lowest BCUT2D eigenvalue weighted by Crippen LogP contribution is -2.12. The molecule has 18 heavy (non-hydrogen) atoms. The van der Waals surface area contributed by atoms with Crippen LogP contribution in [-0.2, 0) is 0 Å². The molecule has 3 nitrogen and oxygen atoms in total. The molecule has 0 fully saturated rings. The minimum Gasteiger partial charge on any atom is -0.454 e. The first-order chi connectivity index (χ1) is 8.58. The highest BCUT2D eigenvalue weighted by Crippen LogP contribution is 2.31. The molecule has 1 aromatic heterocycles. The van der Waals surface area contributed by atoms with Crippen molar-refractivity contribution in [3.05, 3.63) is 52.5 Å². The van der Waals surface area contributed by atoms with Crippen LogP contribution in [0.1, 0.15) is 5.69 Å². The highest BCUT2D eigenvalue weighted by atomic mass is 79.9. The molecular formula is C12H8BrFN2OS. The number of pyridine rings is 1. The molecule has 1 aromatic carbocycles. The number of hydrogen-bond donors (Lipinski definition) is 1. The van der Waals surface area contributed by atoms with Crippen LogP contribution in [-0.4, -0.2) is 9.97 Å². The first kappa shape index (κ1) is 12.9. The molecule has 0 aliphatic heterocycles. The van der Waals surface area contributed by atoms with E-state index in [1.54, 1.807) is 18.3 Å². The van der Waals surface area contributed by atoms with Gasteiger partial charge in [0.25, 0.3) is 0 Å². The van der Waals surface area contributed by atoms with Crippen molar-refractivity contribution in [2.45, 2.75) is 0 Å². The van der Waals surface area contributed by atoms with Crippen LogP contribution in [0.2, 0.25) is 0 Å². The number of ether oxygens (including phenoxy) is 1. The maximum absolute atomic E-state index is 13.0. The molecule has 0 amide bonds. The molecule has 6 heteroatoms. The third-order valence-electron chi connectivity index (χ3n) is 2.12. The Morgan fingerprint density at radius 2 is 2.11 bits per heavy atom. The van der Waals surface area contributed by atoms with Crippen LogP contribution in [0, 0.1) is 5.82 Å². The van der Waals surface area contributed by atoms with Crippen LogP contribution < -0.4 is 10.5 Å². The van der Waals surface area contributed by atoms with Crippen molar-refractivity contribution < 1.29 is 9.13 Å². The van der Waals surface area contributed by atoms with Crippen molar-refractivity contribution in [2.24, 2.45) is 5.73 Å². The molecule has 0 atom stereocenters. The van der Waals surface area contributed by atoms with Gasteiger partial charge in [0.1, 0.15) is 22.2 Å². The van der Waals surface area contributed by atoms with E-state index in [-0.39, 0.29) is 10.8 Å². The van der Waals surface area contributed by atoms with Crippen molar-refractivity contribution in [3.8, 4) is 11.5 Å². The molecule has 0 aliphatic rings. The maximum Gasteiger partial charge on any atom is 0.156 e. The topological polar surface area (TPSA) is 48.1 Å². The predicted molar refractivity (Wildman–Crippen MR) is 74.3 cm³/mol. The largest absolute Gasteiger partial charge is 0.454 e. The Balaban J connectivity index is 2.37. The molecule has 2 N–H and O–H groups in total. The summed E-state index contributed by atoms with van der Waals surface area (Å²) in [7, 11) is 0. The number of hydrogen-bond acceptors (Lipinski definition) is 3. The first-order valence-electron chi connectivity index (χ1n) is 4.95. The molecule has 2 aromatic rings. The first-order valence-corrected chi connectivity index (χ1v) is 6.16. The van der Waals surface area contributed by atoms with Crippen molar-refractivity contribution in [1.82, 2.24) is 4.98 Å². The smallest absolute Gasteiger partial charge is 0.156 e. The van der Waals surface area contributed by atoms with E-state index in [0.717, 1.165) is 0 Å². The Morgan fingerprint density at radius 1 is 1.33 bits per heavy atom. The van der Waals surface area contributed by atoms with Crippen molar-refractivity contribution in [1.29, 1.82) is 0 Å². The third kappa shape index (κ3) is 2.83. The second-order valence-electron chi connectivity index (χ2n) is 3.39. The Hall–Kier alpha value is -1.53. The molecular weight excluding hydrogens is 319 g/mol. The summed E-state index contributed by atoms with van der Waals surface area (Å²) in [5.41, 5.74) is 5.94. The van der Waals surface area contributed by atoms with Gasteiger partial charge in [-0.15, -0.1) is 0 Å². The standard InChI is InChI=1S/C12H8BrFN2OS/c13-8-6-7(14)3-4-9(8)17-10-2-1-5-16-11(10)12(15)18/h1-6H,(H2,15,18). The summed E-state index contributed by atoms with van der Waals surface area (Å²) in [5, 5.41) is 0. The molecule has 0 bridgehead atoms. The van der Waals surface area contributed by atoms with Gasteiger partial charge < -0.3 is 10.5 Å². The summed E-state index contributed by atoms with van der Waals surface area (Å²) < 4.78 is 19.1. The molecule has 0 saturated heterocycles. The van der Waals surface area contributed by atoms with E-state index in [2.05, 4.69) is 20.9 Å². The van der Waals surface area contributed by atoms with Crippen LogP contribution >= 0.6 is 28.1 Å². The van der Waals surface area contributed by atoms with Gasteiger partial charge in [-0.3, -0.25) is 0 Å². The van der Waals surface area contributed by atoms with Gasteiger partial charge in [-0.1, -0.05) is 12.2 Å². The minimum atomic E-state index is -0.352. The second-order valence-corrected chi connectivity index (χ2v) is 4.69. The predicted octanol–water partition coefficient (Wildman–Crippen LogP) is 3.41. The highest BCUT2D eigenvalue weighted by Gasteiger charge is 2.10. The van der Waals surface area contributed by atoms with Gasteiger partial charge in [-0.2, -0.15) is 0 Å². The molecule has 92 valence electrons. The molecule has 0 aliphatic carbocycles. The molecule has 0 saturated carbocycles. The van der Waals surface area contributed by atoms with Crippen LogP contribution in [0.3, 0.4) is 0 Å². The van der Waals surface area contributed by atoms with Crippen LogP contribution in [0.4, 0.5) is 4.39 Å². The Labute approximate surface area is 117 Å². The number of aromatic nitrogens is 1. The fourth-order valence-corrected chi connectivity index (χ4v) is 1.92. The average Bonchev–Trinajstić information content (AvgIpc) is 2.33. The quantitative estimate of drug-likeness (QED) is 0.878. The van der Waals surface area contributed by atoms with Crippen molar-refractivity contribution >= 4 is 33.1 Å². The number of nitrogens with two attached hydrogens (primary N) is 1. The zero-order valence-corrected chi connectivity index (χ0v) is 11.5. The van der Waals surface area contributed by atoms with E-state index in [1.165, 1.54) is 18.2 Å². The fraction of sp³-hybridized carbons (Fsp3) is 0. The third-order valence-corrected chi connectivity index (χ3v) is 2.93. The number of nitrogens with zero attached hydrogens (tertiary/aromatic N) is 1. The minimum absolute atomic E-state index is 0.142. The van der Waals surface area contributed by atoms with Crippen molar-refractivity contribution in [3.63, 3.8) is 0 Å². The fourth-order valence-electron chi connectivity index (χ4n) is 1.33. The average molecular weight is 327 g/mol. The lowest BCUT2D eigenvalue weighted by atomic mass is 10.3. The molecule has 1 heterocycles. The van der Waals surface area contributed by atoms with Crippen LogP contribution in [0.25, 0.3) is 0 Å². The lowest BCUT2D eigenvalue weighted by molar-refractivity contribution is 0.474. The second kappa shape index (κ2) is 5.41. The number of thiocarbonyl (C=S) groups is 1. The van der Waals surface area contributed by atoms with E-state index in [4.69, 9.17) is 22.7 Å². The van der Waals surface area contributed by atoms with Gasteiger partial charge in [0, 0.05) is 6.20 Å². The van der Waals surface area contributed by atoms with Crippen LogP contribution in [0.15, 0.2) is 41.0 Å². The monoisotopic (exact) mass is 326 g/mol. The number of halogens is 2. The SMILES string of the molecule is NC(=S)c1ncccc1Oc1ccc(F)cc1Br. The van der Waals surface area contributed by atoms with Gasteiger partial charge in [-0.05, 0) is 46.3 Å². The molecule has 2 rings (SSSR count). The van der Waals surface area contributed by atoms with Gasteiger partial charge in [0.05, 0.1) is 4.47 Å². The summed E-state index contributed by atoms with van der Waals surface area (Å²) in [5.74, 6) is 0.536. The van der Waals surface area contributed by atoms with E-state index < -0.39 is 0 Å². The van der Waals surface area contributed by atoms with Gasteiger partial charge >= 0.3 is 0 Å². The maximum atomic E-state index is 13.0. The highest BCUT2D eigenvalue weighted by molar-refractivity contribution is 9.10. The van der Waals surface area contributed by atoms with Gasteiger partial charge in [0.15, 0.2) is 5.75 Å². The summed E-state index contributed by atoms with van der Waals surface area (Å²) in [6.07, 6.45) is 1.57. The summed E-state index contributed by atoms with van der Waals surface area (Å²) in [6, 6.07) is 7.52. The van der Waals surface area contributed by atoms with E-state index >= 15 is 0 Å². The zero-order chi connectivity index (χ0) is 13.1. The number of rotatable bonds is 3. The Bertz CT molecular complexity index is 606.